The van der Waals surface area contributed by atoms with Crippen molar-refractivity contribution < 1.29 is 39.5 Å². The van der Waals surface area contributed by atoms with Gasteiger partial charge in [-0.3, -0.25) is 4.90 Å². The predicted octanol–water partition coefficient (Wildman–Crippen LogP) is 0.705. The number of unbranched alkanes of at least 4 members (excludes halogenated alkanes) is 6. The fourth-order valence-corrected chi connectivity index (χ4v) is 2.21. The molecule has 0 aliphatic carbocycles. The van der Waals surface area contributed by atoms with E-state index in [0.717, 1.165) is 25.9 Å². The normalized spacial score (nSPS) is 11.4. The first-order chi connectivity index (χ1) is 10.7. The molecule has 0 heterocycles. The minimum atomic E-state index is -0.969. The van der Waals surface area contributed by atoms with Gasteiger partial charge in [0.15, 0.2) is 0 Å². The summed E-state index contributed by atoms with van der Waals surface area (Å²) in [6.07, 6.45) is 18.6. The second-order valence-electron chi connectivity index (χ2n) is 5.82. The van der Waals surface area contributed by atoms with E-state index in [0.29, 0.717) is 6.54 Å². The SMILES string of the molecule is CCCCC/C=C/CN(C/C=C/CCCCC)CCC(=O)[O-].[Na+]. The zero-order valence-corrected chi connectivity index (χ0v) is 17.6. The number of aliphatic carboxylic acids is 1. The third kappa shape index (κ3) is 19.9. The molecule has 4 heteroatoms. The van der Waals surface area contributed by atoms with Crippen LogP contribution in [0.2, 0.25) is 0 Å². The maximum atomic E-state index is 10.6. The van der Waals surface area contributed by atoms with Crippen molar-refractivity contribution in [2.45, 2.75) is 71.6 Å². The second kappa shape index (κ2) is 20.0. The molecule has 0 radical (unpaired) electrons. The number of carboxylic acid groups (broad SMARTS) is 1. The van der Waals surface area contributed by atoms with Crippen molar-refractivity contribution >= 4 is 5.97 Å². The van der Waals surface area contributed by atoms with Crippen molar-refractivity contribution in [3.63, 3.8) is 0 Å². The molecule has 128 valence electrons. The summed E-state index contributed by atoms with van der Waals surface area (Å²) in [6.45, 7) is 6.61. The zero-order valence-electron chi connectivity index (χ0n) is 15.6. The number of hydrogen-bond acceptors (Lipinski definition) is 3. The maximum Gasteiger partial charge on any atom is 1.00 e. The van der Waals surface area contributed by atoms with Crippen molar-refractivity contribution in [2.24, 2.45) is 0 Å². The summed E-state index contributed by atoms with van der Waals surface area (Å²) in [5.41, 5.74) is 0. The van der Waals surface area contributed by atoms with Gasteiger partial charge in [0.05, 0.1) is 0 Å². The average molecular weight is 331 g/mol. The van der Waals surface area contributed by atoms with Gasteiger partial charge >= 0.3 is 29.6 Å². The molecule has 0 N–H and O–H groups in total. The Kier molecular flexibility index (Phi) is 21.8. The molecule has 0 amide bonds. The van der Waals surface area contributed by atoms with Gasteiger partial charge in [-0.05, 0) is 32.1 Å². The van der Waals surface area contributed by atoms with Crippen LogP contribution in [0, 0.1) is 0 Å². The van der Waals surface area contributed by atoms with Crippen LogP contribution in [0.5, 0.6) is 0 Å². The molecule has 0 aliphatic heterocycles. The Morgan fingerprint density at radius 1 is 0.870 bits per heavy atom. The second-order valence-corrected chi connectivity index (χ2v) is 5.82. The number of rotatable bonds is 15. The fourth-order valence-electron chi connectivity index (χ4n) is 2.21. The Balaban J connectivity index is 0. The number of carbonyl (C=O) groups is 1. The van der Waals surface area contributed by atoms with Crippen molar-refractivity contribution in [1.29, 1.82) is 0 Å². The molecule has 0 saturated heterocycles. The van der Waals surface area contributed by atoms with Crippen LogP contribution in [0.1, 0.15) is 71.6 Å². The molecule has 0 spiro atoms. The number of hydrogen-bond donors (Lipinski definition) is 0. The van der Waals surface area contributed by atoms with Crippen LogP contribution >= 0.6 is 0 Å². The van der Waals surface area contributed by atoms with Crippen LogP contribution < -0.4 is 34.7 Å². The smallest absolute Gasteiger partial charge is 0.550 e. The quantitative estimate of drug-likeness (QED) is 0.252. The van der Waals surface area contributed by atoms with Gasteiger partial charge in [-0.1, -0.05) is 63.8 Å². The van der Waals surface area contributed by atoms with E-state index in [1.165, 1.54) is 38.5 Å². The first kappa shape index (κ1) is 25.2. The van der Waals surface area contributed by atoms with Gasteiger partial charge in [0, 0.05) is 25.6 Å². The van der Waals surface area contributed by atoms with E-state index < -0.39 is 5.97 Å². The topological polar surface area (TPSA) is 43.4 Å². The average Bonchev–Trinajstić information content (AvgIpc) is 2.50. The molecule has 0 aromatic carbocycles. The first-order valence-corrected chi connectivity index (χ1v) is 8.92. The minimum absolute atomic E-state index is 0. The molecule has 0 aromatic heterocycles. The maximum absolute atomic E-state index is 10.6. The van der Waals surface area contributed by atoms with Crippen LogP contribution in [-0.4, -0.2) is 30.5 Å². The van der Waals surface area contributed by atoms with Gasteiger partial charge in [0.25, 0.3) is 0 Å². The molecule has 0 saturated carbocycles. The number of carboxylic acids is 1. The van der Waals surface area contributed by atoms with Crippen LogP contribution in [0.3, 0.4) is 0 Å². The molecule has 0 fully saturated rings. The summed E-state index contributed by atoms with van der Waals surface area (Å²) < 4.78 is 0. The summed E-state index contributed by atoms with van der Waals surface area (Å²) in [5.74, 6) is -0.969. The molecular weight excluding hydrogens is 297 g/mol. The zero-order chi connectivity index (χ0) is 16.5. The molecular formula is C19H34NNaO2. The molecule has 0 bridgehead atoms. The van der Waals surface area contributed by atoms with Gasteiger partial charge in [0.1, 0.15) is 0 Å². The minimum Gasteiger partial charge on any atom is -0.550 e. The summed E-state index contributed by atoms with van der Waals surface area (Å²) in [7, 11) is 0. The first-order valence-electron chi connectivity index (χ1n) is 8.92. The molecule has 0 unspecified atom stereocenters. The Labute approximate surface area is 165 Å². The summed E-state index contributed by atoms with van der Waals surface area (Å²) in [5, 5.41) is 10.6. The van der Waals surface area contributed by atoms with Crippen molar-refractivity contribution in [1.82, 2.24) is 4.90 Å². The van der Waals surface area contributed by atoms with E-state index in [1.807, 2.05) is 0 Å². The van der Waals surface area contributed by atoms with Crippen LogP contribution in [-0.2, 0) is 4.79 Å². The fraction of sp³-hybridized carbons (Fsp3) is 0.737. The Morgan fingerprint density at radius 2 is 1.35 bits per heavy atom. The standard InChI is InChI=1S/C19H35NO2.Na/c1-3-5-7-9-11-13-16-20(18-15-19(21)22)17-14-12-10-8-6-4-2;/h11-14H,3-10,15-18H2,1-2H3,(H,21,22);/q;+1/p-1/b13-11+,14-12+;. The molecule has 23 heavy (non-hydrogen) atoms. The van der Waals surface area contributed by atoms with E-state index >= 15 is 0 Å². The van der Waals surface area contributed by atoms with Crippen LogP contribution in [0.25, 0.3) is 0 Å². The molecule has 0 aromatic rings. The summed E-state index contributed by atoms with van der Waals surface area (Å²) in [4.78, 5) is 12.8. The monoisotopic (exact) mass is 331 g/mol. The molecule has 0 rings (SSSR count). The van der Waals surface area contributed by atoms with Crippen molar-refractivity contribution in [2.75, 3.05) is 19.6 Å². The molecule has 0 aliphatic rings. The van der Waals surface area contributed by atoms with Gasteiger partial charge in [-0.25, -0.2) is 0 Å². The van der Waals surface area contributed by atoms with Crippen molar-refractivity contribution in [3.8, 4) is 0 Å². The number of allylic oxidation sites excluding steroid dienone is 2. The largest absolute Gasteiger partial charge is 1.00 e. The van der Waals surface area contributed by atoms with Gasteiger partial charge < -0.3 is 9.90 Å². The van der Waals surface area contributed by atoms with Crippen molar-refractivity contribution in [3.05, 3.63) is 24.3 Å². The predicted molar refractivity (Wildman–Crippen MR) is 92.6 cm³/mol. The number of nitrogens with zero attached hydrogens (tertiary/aromatic N) is 1. The number of carbonyl (C=O) groups excluding carboxylic acids is 1. The third-order valence-corrected chi connectivity index (χ3v) is 3.64. The van der Waals surface area contributed by atoms with Crippen LogP contribution in [0.4, 0.5) is 0 Å². The van der Waals surface area contributed by atoms with E-state index in [4.69, 9.17) is 0 Å². The van der Waals surface area contributed by atoms with E-state index in [1.54, 1.807) is 0 Å². The van der Waals surface area contributed by atoms with Gasteiger partial charge in [-0.2, -0.15) is 0 Å². The Morgan fingerprint density at radius 3 is 1.74 bits per heavy atom. The Hall–Kier alpha value is -0.0900. The van der Waals surface area contributed by atoms with Crippen LogP contribution in [0.15, 0.2) is 24.3 Å². The summed E-state index contributed by atoms with van der Waals surface area (Å²) >= 11 is 0. The molecule has 0 atom stereocenters. The van der Waals surface area contributed by atoms with E-state index in [9.17, 15) is 9.90 Å². The molecule has 3 nitrogen and oxygen atoms in total. The van der Waals surface area contributed by atoms with E-state index in [2.05, 4.69) is 43.1 Å². The van der Waals surface area contributed by atoms with Gasteiger partial charge in [-0.15, -0.1) is 0 Å². The van der Waals surface area contributed by atoms with E-state index in [-0.39, 0.29) is 36.0 Å². The third-order valence-electron chi connectivity index (χ3n) is 3.64. The summed E-state index contributed by atoms with van der Waals surface area (Å²) in [6, 6.07) is 0. The van der Waals surface area contributed by atoms with Gasteiger partial charge in [0.2, 0.25) is 0 Å². The Bertz CT molecular complexity index is 294.